The van der Waals surface area contributed by atoms with Gasteiger partial charge in [0.25, 0.3) is 0 Å². The van der Waals surface area contributed by atoms with E-state index in [1.54, 1.807) is 31.0 Å². The Morgan fingerprint density at radius 2 is 2.00 bits per heavy atom. The number of rotatable bonds is 6. The largest absolute Gasteiger partial charge is 0.490 e. The van der Waals surface area contributed by atoms with Crippen molar-refractivity contribution in [2.75, 3.05) is 31.8 Å². The van der Waals surface area contributed by atoms with Gasteiger partial charge in [-0.25, -0.2) is 9.78 Å². The quantitative estimate of drug-likeness (QED) is 0.636. The number of benzene rings is 1. The number of pyridine rings is 1. The maximum atomic E-state index is 12.8. The number of carbonyl (C=O) groups excluding carboxylic acids is 2. The van der Waals surface area contributed by atoms with Gasteiger partial charge in [-0.1, -0.05) is 18.2 Å². The molecule has 4 rings (SSSR count). The van der Waals surface area contributed by atoms with Crippen molar-refractivity contribution in [3.8, 4) is 22.8 Å². The number of fused-ring (bicyclic) bond motifs is 1. The average molecular weight is 464 g/mol. The summed E-state index contributed by atoms with van der Waals surface area (Å²) in [5.41, 5.74) is 2.57. The summed E-state index contributed by atoms with van der Waals surface area (Å²) < 4.78 is 16.3. The molecule has 178 valence electrons. The lowest BCUT2D eigenvalue weighted by molar-refractivity contribution is -0.152. The normalized spacial score (nSPS) is 15.0. The van der Waals surface area contributed by atoms with E-state index in [1.807, 2.05) is 36.4 Å². The van der Waals surface area contributed by atoms with Crippen molar-refractivity contribution < 1.29 is 23.8 Å². The third kappa shape index (κ3) is 5.22. The Balaban J connectivity index is 1.45. The van der Waals surface area contributed by atoms with Crippen molar-refractivity contribution in [3.05, 3.63) is 60.5 Å². The van der Waals surface area contributed by atoms with Crippen LogP contribution in [0.25, 0.3) is 11.1 Å². The van der Waals surface area contributed by atoms with Crippen LogP contribution >= 0.6 is 0 Å². The molecular formula is C26H29N3O5. The first-order chi connectivity index (χ1) is 16.4. The molecule has 2 aliphatic rings. The second-order valence-electron chi connectivity index (χ2n) is 8.80. The van der Waals surface area contributed by atoms with Crippen LogP contribution in [0, 0.1) is 5.41 Å². The fourth-order valence-electron chi connectivity index (χ4n) is 3.73. The molecule has 0 bridgehead atoms. The van der Waals surface area contributed by atoms with E-state index in [2.05, 4.69) is 16.4 Å². The van der Waals surface area contributed by atoms with Crippen molar-refractivity contribution >= 4 is 17.7 Å². The van der Waals surface area contributed by atoms with Crippen LogP contribution in [0.5, 0.6) is 11.6 Å². The molecule has 0 atom stereocenters. The van der Waals surface area contributed by atoms with Crippen LogP contribution in [0.4, 0.5) is 10.5 Å². The zero-order valence-electron chi connectivity index (χ0n) is 19.7. The van der Waals surface area contributed by atoms with Crippen LogP contribution in [-0.4, -0.2) is 43.9 Å². The van der Waals surface area contributed by atoms with Gasteiger partial charge in [0.2, 0.25) is 5.88 Å². The third-order valence-corrected chi connectivity index (χ3v) is 5.70. The molecule has 1 aromatic heterocycles. The molecule has 0 fully saturated rings. The lowest BCUT2D eigenvalue weighted by atomic mass is 9.95. The molecule has 0 radical (unpaired) electrons. The Morgan fingerprint density at radius 1 is 1.18 bits per heavy atom. The fourth-order valence-corrected chi connectivity index (χ4v) is 3.73. The van der Waals surface area contributed by atoms with E-state index in [4.69, 9.17) is 14.2 Å². The second kappa shape index (κ2) is 9.99. The lowest BCUT2D eigenvalue weighted by Crippen LogP contribution is -2.44. The number of methoxy groups -OCH3 is 1. The standard InChI is InChI=1S/C26H29N3O5/c1-26(2,24(30)32-3)17-34-23-12-10-19(16-27-23)18-9-11-21-22(15-18)33-14-13-29(21)25(31)28-20-7-5-4-6-8-20/h5,7-12,15-16H,4,6,13-14,17H2,1-3H3,(H,28,31). The Labute approximate surface area is 199 Å². The number of ether oxygens (including phenoxy) is 3. The summed E-state index contributed by atoms with van der Waals surface area (Å²) in [5, 5.41) is 2.97. The molecule has 1 aliphatic heterocycles. The second-order valence-corrected chi connectivity index (χ2v) is 8.80. The first kappa shape index (κ1) is 23.4. The molecule has 0 spiro atoms. The molecular weight excluding hydrogens is 434 g/mol. The molecule has 1 N–H and O–H groups in total. The molecule has 1 aromatic carbocycles. The highest BCUT2D eigenvalue weighted by Gasteiger charge is 2.30. The van der Waals surface area contributed by atoms with Gasteiger partial charge < -0.3 is 19.5 Å². The van der Waals surface area contributed by atoms with Crippen LogP contribution in [-0.2, 0) is 9.53 Å². The Kier molecular flexibility index (Phi) is 6.86. The number of allylic oxidation sites excluding steroid dienone is 3. The van der Waals surface area contributed by atoms with Gasteiger partial charge in [-0.15, -0.1) is 0 Å². The highest BCUT2D eigenvalue weighted by Crippen LogP contribution is 2.36. The number of amides is 2. The predicted octanol–water partition coefficient (Wildman–Crippen LogP) is 4.47. The number of aromatic nitrogens is 1. The number of carbonyl (C=O) groups is 2. The zero-order chi connectivity index (χ0) is 24.1. The summed E-state index contributed by atoms with van der Waals surface area (Å²) in [7, 11) is 1.36. The summed E-state index contributed by atoms with van der Waals surface area (Å²) in [6.45, 7) is 4.56. The van der Waals surface area contributed by atoms with Crippen LogP contribution in [0.15, 0.2) is 60.5 Å². The SMILES string of the molecule is COC(=O)C(C)(C)COc1ccc(-c2ccc3c(c2)OCCN3C(=O)NC2=CCCC=C2)cn1. The van der Waals surface area contributed by atoms with Crippen molar-refractivity contribution in [2.24, 2.45) is 5.41 Å². The molecule has 8 heteroatoms. The summed E-state index contributed by atoms with van der Waals surface area (Å²) in [6.07, 6.45) is 9.64. The third-order valence-electron chi connectivity index (χ3n) is 5.70. The minimum absolute atomic E-state index is 0.156. The minimum atomic E-state index is -0.771. The van der Waals surface area contributed by atoms with Crippen molar-refractivity contribution in [2.45, 2.75) is 26.7 Å². The molecule has 2 amide bonds. The minimum Gasteiger partial charge on any atom is -0.490 e. The monoisotopic (exact) mass is 463 g/mol. The van der Waals surface area contributed by atoms with Crippen LogP contribution in [0.2, 0.25) is 0 Å². The Morgan fingerprint density at radius 3 is 2.71 bits per heavy atom. The highest BCUT2D eigenvalue weighted by molar-refractivity contribution is 5.95. The van der Waals surface area contributed by atoms with Crippen molar-refractivity contribution in [3.63, 3.8) is 0 Å². The Hall–Kier alpha value is -3.81. The highest BCUT2D eigenvalue weighted by atomic mass is 16.5. The van der Waals surface area contributed by atoms with E-state index in [0.717, 1.165) is 35.4 Å². The van der Waals surface area contributed by atoms with Crippen LogP contribution < -0.4 is 19.7 Å². The van der Waals surface area contributed by atoms with Crippen LogP contribution in [0.1, 0.15) is 26.7 Å². The van der Waals surface area contributed by atoms with E-state index in [0.29, 0.717) is 24.8 Å². The zero-order valence-corrected chi connectivity index (χ0v) is 19.7. The van der Waals surface area contributed by atoms with E-state index in [-0.39, 0.29) is 18.6 Å². The number of hydrogen-bond donors (Lipinski definition) is 1. The maximum absolute atomic E-state index is 12.8. The van der Waals surface area contributed by atoms with Gasteiger partial charge in [-0.2, -0.15) is 0 Å². The van der Waals surface area contributed by atoms with Crippen molar-refractivity contribution in [1.29, 1.82) is 0 Å². The smallest absolute Gasteiger partial charge is 0.326 e. The molecule has 1 aliphatic carbocycles. The number of nitrogens with one attached hydrogen (secondary N) is 1. The molecule has 0 saturated carbocycles. The molecule has 8 nitrogen and oxygen atoms in total. The van der Waals surface area contributed by atoms with Crippen LogP contribution in [0.3, 0.4) is 0 Å². The summed E-state index contributed by atoms with van der Waals surface area (Å²) in [5.74, 6) is 0.726. The van der Waals surface area contributed by atoms with E-state index < -0.39 is 5.41 Å². The molecule has 0 saturated heterocycles. The first-order valence-electron chi connectivity index (χ1n) is 11.3. The van der Waals surface area contributed by atoms with Gasteiger partial charge in [0.1, 0.15) is 19.0 Å². The van der Waals surface area contributed by atoms with E-state index in [1.165, 1.54) is 7.11 Å². The topological polar surface area (TPSA) is 90.0 Å². The number of esters is 1. The molecule has 34 heavy (non-hydrogen) atoms. The van der Waals surface area contributed by atoms with Gasteiger partial charge in [0, 0.05) is 23.5 Å². The lowest BCUT2D eigenvalue weighted by Gasteiger charge is -2.30. The number of nitrogens with zero attached hydrogens (tertiary/aromatic N) is 2. The predicted molar refractivity (Wildman–Crippen MR) is 129 cm³/mol. The molecule has 0 unspecified atom stereocenters. The van der Waals surface area contributed by atoms with E-state index >= 15 is 0 Å². The van der Waals surface area contributed by atoms with Gasteiger partial charge in [0.05, 0.1) is 24.8 Å². The summed E-state index contributed by atoms with van der Waals surface area (Å²) in [4.78, 5) is 30.7. The van der Waals surface area contributed by atoms with Crippen molar-refractivity contribution in [1.82, 2.24) is 10.3 Å². The number of urea groups is 1. The van der Waals surface area contributed by atoms with Gasteiger partial charge in [-0.3, -0.25) is 9.69 Å². The summed E-state index contributed by atoms with van der Waals surface area (Å²) >= 11 is 0. The molecule has 2 heterocycles. The molecule has 2 aromatic rings. The number of hydrogen-bond acceptors (Lipinski definition) is 6. The summed E-state index contributed by atoms with van der Waals surface area (Å²) in [6, 6.07) is 9.21. The van der Waals surface area contributed by atoms with Gasteiger partial charge in [-0.05, 0) is 56.5 Å². The van der Waals surface area contributed by atoms with Gasteiger partial charge >= 0.3 is 12.0 Å². The Bertz CT molecular complexity index is 1120. The van der Waals surface area contributed by atoms with E-state index in [9.17, 15) is 9.59 Å². The number of anilines is 1. The maximum Gasteiger partial charge on any atom is 0.326 e. The fraction of sp³-hybridized carbons (Fsp3) is 0.346. The van der Waals surface area contributed by atoms with Gasteiger partial charge in [0.15, 0.2) is 0 Å². The first-order valence-corrected chi connectivity index (χ1v) is 11.3. The average Bonchev–Trinajstić information content (AvgIpc) is 2.87.